The Morgan fingerprint density at radius 3 is 2.61 bits per heavy atom. The van der Waals surface area contributed by atoms with Gasteiger partial charge in [-0.1, -0.05) is 19.8 Å². The maximum absolute atomic E-state index is 12.2. The normalized spacial score (nSPS) is 31.2. The summed E-state index contributed by atoms with van der Waals surface area (Å²) in [4.78, 5) is 25.8. The van der Waals surface area contributed by atoms with Crippen molar-refractivity contribution in [3.05, 3.63) is 0 Å². The molecule has 0 bridgehead atoms. The van der Waals surface area contributed by atoms with Gasteiger partial charge in [0.15, 0.2) is 0 Å². The lowest BCUT2D eigenvalue weighted by atomic mass is 9.82. The number of nitrogens with zero attached hydrogens (tertiary/aromatic N) is 1. The Labute approximate surface area is 137 Å². The number of esters is 1. The number of methoxy groups -OCH3 is 1. The standard InChI is InChI=1S/C17H26N2O4/c1-5-11-9-12-13(19(11)17(21)22-4)7-6-8-14(12)23-16(20)15(18)10(2)3/h1,10-15H,6-9,18H2,2-4H3/t11?,12-,13-,14+,15?/m1/s1. The molecule has 1 aliphatic carbocycles. The highest BCUT2D eigenvalue weighted by atomic mass is 16.6. The molecule has 0 aromatic heterocycles. The smallest absolute Gasteiger partial charge is 0.410 e. The molecule has 1 aliphatic heterocycles. The first-order valence-corrected chi connectivity index (χ1v) is 8.19. The highest BCUT2D eigenvalue weighted by molar-refractivity contribution is 5.76. The van der Waals surface area contributed by atoms with E-state index in [9.17, 15) is 9.59 Å². The number of nitrogens with two attached hydrogens (primary N) is 1. The van der Waals surface area contributed by atoms with Crippen molar-refractivity contribution >= 4 is 12.1 Å². The fourth-order valence-corrected chi connectivity index (χ4v) is 3.62. The van der Waals surface area contributed by atoms with Crippen molar-refractivity contribution in [3.8, 4) is 12.3 Å². The fourth-order valence-electron chi connectivity index (χ4n) is 3.62. The summed E-state index contributed by atoms with van der Waals surface area (Å²) in [5.74, 6) is 2.36. The second-order valence-corrected chi connectivity index (χ2v) is 6.70. The second-order valence-electron chi connectivity index (χ2n) is 6.70. The van der Waals surface area contributed by atoms with Crippen molar-refractivity contribution in [1.82, 2.24) is 4.90 Å². The molecule has 0 aromatic rings. The summed E-state index contributed by atoms with van der Waals surface area (Å²) in [5.41, 5.74) is 5.87. The van der Waals surface area contributed by atoms with E-state index in [1.807, 2.05) is 13.8 Å². The van der Waals surface area contributed by atoms with Crippen LogP contribution in [0.2, 0.25) is 0 Å². The van der Waals surface area contributed by atoms with Gasteiger partial charge >= 0.3 is 12.1 Å². The van der Waals surface area contributed by atoms with Gasteiger partial charge in [0, 0.05) is 12.0 Å². The zero-order valence-electron chi connectivity index (χ0n) is 14.0. The van der Waals surface area contributed by atoms with Crippen LogP contribution in [0.5, 0.6) is 0 Å². The van der Waals surface area contributed by atoms with Crippen molar-refractivity contribution in [2.45, 2.75) is 63.8 Å². The monoisotopic (exact) mass is 322 g/mol. The summed E-state index contributed by atoms with van der Waals surface area (Å²) < 4.78 is 10.5. The SMILES string of the molecule is C#CC1C[C@H]2[C@@H](OC(=O)C(N)C(C)C)CCC[C@H]2N1C(=O)OC. The van der Waals surface area contributed by atoms with Crippen LogP contribution in [0.1, 0.15) is 39.5 Å². The van der Waals surface area contributed by atoms with Crippen LogP contribution in [-0.4, -0.2) is 48.3 Å². The molecule has 0 radical (unpaired) electrons. The van der Waals surface area contributed by atoms with Crippen molar-refractivity contribution in [3.63, 3.8) is 0 Å². The molecule has 5 atom stereocenters. The highest BCUT2D eigenvalue weighted by Crippen LogP contribution is 2.41. The first-order valence-electron chi connectivity index (χ1n) is 8.19. The van der Waals surface area contributed by atoms with Gasteiger partial charge in [0.05, 0.1) is 13.2 Å². The van der Waals surface area contributed by atoms with E-state index < -0.39 is 12.1 Å². The van der Waals surface area contributed by atoms with Crippen LogP contribution in [0.4, 0.5) is 4.79 Å². The number of rotatable bonds is 3. The Morgan fingerprint density at radius 1 is 1.35 bits per heavy atom. The van der Waals surface area contributed by atoms with Crippen molar-refractivity contribution in [2.24, 2.45) is 17.6 Å². The van der Waals surface area contributed by atoms with Gasteiger partial charge < -0.3 is 15.2 Å². The molecular formula is C17H26N2O4. The Balaban J connectivity index is 2.12. The molecular weight excluding hydrogens is 296 g/mol. The largest absolute Gasteiger partial charge is 0.461 e. The van der Waals surface area contributed by atoms with E-state index in [0.717, 1.165) is 19.3 Å². The maximum Gasteiger partial charge on any atom is 0.410 e. The number of hydrogen-bond donors (Lipinski definition) is 1. The summed E-state index contributed by atoms with van der Waals surface area (Å²) in [6.45, 7) is 3.77. The van der Waals surface area contributed by atoms with Crippen LogP contribution in [0, 0.1) is 24.2 Å². The average molecular weight is 322 g/mol. The lowest BCUT2D eigenvalue weighted by Crippen LogP contribution is -2.47. The van der Waals surface area contributed by atoms with Gasteiger partial charge in [0.1, 0.15) is 12.1 Å². The van der Waals surface area contributed by atoms with Gasteiger partial charge in [0.2, 0.25) is 0 Å². The molecule has 1 heterocycles. The molecule has 0 spiro atoms. The third kappa shape index (κ3) is 3.45. The quantitative estimate of drug-likeness (QED) is 0.629. The third-order valence-electron chi connectivity index (χ3n) is 4.98. The van der Waals surface area contributed by atoms with Gasteiger partial charge in [-0.25, -0.2) is 4.79 Å². The van der Waals surface area contributed by atoms with Gasteiger partial charge in [0.25, 0.3) is 0 Å². The number of ether oxygens (including phenoxy) is 2. The summed E-state index contributed by atoms with van der Waals surface area (Å²) >= 11 is 0. The van der Waals surface area contributed by atoms with E-state index in [1.54, 1.807) is 4.90 Å². The minimum Gasteiger partial charge on any atom is -0.461 e. The molecule has 6 nitrogen and oxygen atoms in total. The molecule has 2 rings (SSSR count). The van der Waals surface area contributed by atoms with Crippen LogP contribution in [0.25, 0.3) is 0 Å². The van der Waals surface area contributed by atoms with Crippen LogP contribution in [-0.2, 0) is 14.3 Å². The minimum absolute atomic E-state index is 0.0236. The first-order chi connectivity index (χ1) is 10.9. The van der Waals surface area contributed by atoms with Crippen LogP contribution >= 0.6 is 0 Å². The number of carbonyl (C=O) groups excluding carboxylic acids is 2. The van der Waals surface area contributed by atoms with Crippen molar-refractivity contribution in [1.29, 1.82) is 0 Å². The van der Waals surface area contributed by atoms with Gasteiger partial charge in [-0.05, 0) is 31.6 Å². The van der Waals surface area contributed by atoms with Crippen LogP contribution in [0.15, 0.2) is 0 Å². The van der Waals surface area contributed by atoms with E-state index in [2.05, 4.69) is 5.92 Å². The zero-order valence-corrected chi connectivity index (χ0v) is 14.0. The number of carbonyl (C=O) groups is 2. The number of fused-ring (bicyclic) bond motifs is 1. The minimum atomic E-state index is -0.628. The number of terminal acetylenes is 1. The molecule has 128 valence electrons. The predicted molar refractivity (Wildman–Crippen MR) is 85.3 cm³/mol. The molecule has 1 saturated carbocycles. The molecule has 0 aromatic carbocycles. The number of hydrogen-bond acceptors (Lipinski definition) is 5. The maximum atomic E-state index is 12.2. The van der Waals surface area contributed by atoms with E-state index in [4.69, 9.17) is 21.6 Å². The summed E-state index contributed by atoms with van der Waals surface area (Å²) in [6.07, 6.45) is 8.07. The topological polar surface area (TPSA) is 81.9 Å². The Hall–Kier alpha value is -1.74. The lowest BCUT2D eigenvalue weighted by Gasteiger charge is -2.36. The second kappa shape index (κ2) is 7.22. The van der Waals surface area contributed by atoms with Gasteiger partial charge in [-0.2, -0.15) is 0 Å². The van der Waals surface area contributed by atoms with Crippen LogP contribution in [0.3, 0.4) is 0 Å². The molecule has 2 fully saturated rings. The van der Waals surface area contributed by atoms with Crippen molar-refractivity contribution in [2.75, 3.05) is 7.11 Å². The van der Waals surface area contributed by atoms with E-state index in [0.29, 0.717) is 6.42 Å². The molecule has 1 amide bonds. The average Bonchev–Trinajstić information content (AvgIpc) is 2.92. The molecule has 2 unspecified atom stereocenters. The summed E-state index contributed by atoms with van der Waals surface area (Å²) in [5, 5.41) is 0. The Morgan fingerprint density at radius 2 is 2.04 bits per heavy atom. The van der Waals surface area contributed by atoms with E-state index in [1.165, 1.54) is 7.11 Å². The number of likely N-dealkylation sites (tertiary alicyclic amines) is 1. The zero-order chi connectivity index (χ0) is 17.1. The molecule has 6 heteroatoms. The number of amides is 1. The van der Waals surface area contributed by atoms with E-state index in [-0.39, 0.29) is 36.0 Å². The molecule has 2 N–H and O–H groups in total. The fraction of sp³-hybridized carbons (Fsp3) is 0.765. The highest BCUT2D eigenvalue weighted by Gasteiger charge is 2.49. The first kappa shape index (κ1) is 17.6. The Kier molecular flexibility index (Phi) is 5.53. The lowest BCUT2D eigenvalue weighted by molar-refractivity contribution is -0.156. The van der Waals surface area contributed by atoms with E-state index >= 15 is 0 Å². The molecule has 1 saturated heterocycles. The van der Waals surface area contributed by atoms with Crippen LogP contribution < -0.4 is 5.73 Å². The summed E-state index contributed by atoms with van der Waals surface area (Å²) in [7, 11) is 1.35. The van der Waals surface area contributed by atoms with Gasteiger partial charge in [-0.3, -0.25) is 9.69 Å². The predicted octanol–water partition coefficient (Wildman–Crippen LogP) is 1.52. The van der Waals surface area contributed by atoms with Crippen molar-refractivity contribution < 1.29 is 19.1 Å². The molecule has 2 aliphatic rings. The summed E-state index contributed by atoms with van der Waals surface area (Å²) in [6, 6.07) is -0.974. The Bertz CT molecular complexity index is 499. The molecule has 23 heavy (non-hydrogen) atoms. The third-order valence-corrected chi connectivity index (χ3v) is 4.98. The van der Waals surface area contributed by atoms with Gasteiger partial charge in [-0.15, -0.1) is 6.42 Å².